The van der Waals surface area contributed by atoms with Gasteiger partial charge in [0.15, 0.2) is 16.9 Å². The summed E-state index contributed by atoms with van der Waals surface area (Å²) in [4.78, 5) is 20.2. The van der Waals surface area contributed by atoms with Crippen molar-refractivity contribution in [1.29, 1.82) is 0 Å². The molecule has 0 radical (unpaired) electrons. The summed E-state index contributed by atoms with van der Waals surface area (Å²) in [5.41, 5.74) is 1.57. The number of hydrogen-bond acceptors (Lipinski definition) is 7. The molecule has 0 saturated carbocycles. The zero-order valence-electron chi connectivity index (χ0n) is 19.0. The van der Waals surface area contributed by atoms with Crippen LogP contribution in [0.4, 0.5) is 11.5 Å². The summed E-state index contributed by atoms with van der Waals surface area (Å²) >= 11 is 6.49. The van der Waals surface area contributed by atoms with Gasteiger partial charge in [0.25, 0.3) is 0 Å². The predicted molar refractivity (Wildman–Crippen MR) is 136 cm³/mol. The molecular weight excluding hydrogens is 468 g/mol. The molecule has 4 aromatic rings. The van der Waals surface area contributed by atoms with Gasteiger partial charge in [0.1, 0.15) is 30.9 Å². The molecule has 1 unspecified atom stereocenters. The highest BCUT2D eigenvalue weighted by atomic mass is 35.5. The molecule has 1 atom stereocenters. The highest BCUT2D eigenvalue weighted by molar-refractivity contribution is 6.19. The fourth-order valence-electron chi connectivity index (χ4n) is 3.30. The van der Waals surface area contributed by atoms with Gasteiger partial charge in [0.05, 0.1) is 12.1 Å². The molecule has 4 rings (SSSR count). The summed E-state index contributed by atoms with van der Waals surface area (Å²) in [5, 5.41) is 4.02. The normalized spacial score (nSPS) is 11.6. The lowest BCUT2D eigenvalue weighted by Gasteiger charge is -2.18. The SMILES string of the molecule is C#Cc1cccc(Nc2ncnc3cc(OCCOC)c(OCC(Cl)n4ccc(=O)cc4)cc23)c1. The van der Waals surface area contributed by atoms with Gasteiger partial charge in [-0.05, 0) is 24.3 Å². The van der Waals surface area contributed by atoms with E-state index in [4.69, 9.17) is 32.2 Å². The Bertz CT molecular complexity index is 1400. The molecule has 0 amide bonds. The van der Waals surface area contributed by atoms with Crippen molar-refractivity contribution < 1.29 is 14.2 Å². The number of benzene rings is 2. The predicted octanol–water partition coefficient (Wildman–Crippen LogP) is 4.36. The lowest BCUT2D eigenvalue weighted by Crippen LogP contribution is -2.14. The van der Waals surface area contributed by atoms with E-state index in [2.05, 4.69) is 21.2 Å². The molecule has 9 heteroatoms. The largest absolute Gasteiger partial charge is 0.487 e. The van der Waals surface area contributed by atoms with Crippen molar-refractivity contribution in [2.75, 3.05) is 32.2 Å². The first kappa shape index (κ1) is 24.1. The smallest absolute Gasteiger partial charge is 0.181 e. The van der Waals surface area contributed by atoms with E-state index in [1.54, 1.807) is 36.2 Å². The van der Waals surface area contributed by atoms with E-state index in [1.165, 1.54) is 18.5 Å². The van der Waals surface area contributed by atoms with Crippen molar-refractivity contribution in [2.24, 2.45) is 0 Å². The van der Waals surface area contributed by atoms with Gasteiger partial charge in [-0.1, -0.05) is 23.6 Å². The van der Waals surface area contributed by atoms with Gasteiger partial charge < -0.3 is 24.1 Å². The Morgan fingerprint density at radius 3 is 2.66 bits per heavy atom. The molecule has 2 aromatic heterocycles. The van der Waals surface area contributed by atoms with Gasteiger partial charge in [0.2, 0.25) is 0 Å². The van der Waals surface area contributed by atoms with E-state index in [1.807, 2.05) is 24.3 Å². The van der Waals surface area contributed by atoms with Crippen LogP contribution in [-0.4, -0.2) is 41.5 Å². The van der Waals surface area contributed by atoms with E-state index in [0.717, 1.165) is 16.6 Å². The number of pyridine rings is 1. The van der Waals surface area contributed by atoms with Gasteiger partial charge in [-0.25, -0.2) is 9.97 Å². The van der Waals surface area contributed by atoms with E-state index in [0.29, 0.717) is 36.0 Å². The number of aromatic nitrogens is 3. The summed E-state index contributed by atoms with van der Waals surface area (Å²) in [6.45, 7) is 0.865. The van der Waals surface area contributed by atoms with E-state index < -0.39 is 5.50 Å². The van der Waals surface area contributed by atoms with Crippen LogP contribution in [0.15, 0.2) is 72.0 Å². The van der Waals surface area contributed by atoms with Crippen LogP contribution >= 0.6 is 11.6 Å². The second kappa shape index (κ2) is 11.4. The molecule has 1 N–H and O–H groups in total. The van der Waals surface area contributed by atoms with E-state index >= 15 is 0 Å². The first-order chi connectivity index (χ1) is 17.1. The standard InChI is InChI=1S/C26H23ClN4O4/c1-3-18-5-4-6-19(13-18)30-26-21-14-23(35-16-25(27)31-9-7-20(32)8-10-31)24(34-12-11-33-2)15-22(21)28-17-29-26/h1,4-10,13-15,17,25H,11-12,16H2,2H3,(H,28,29,30). The highest BCUT2D eigenvalue weighted by Gasteiger charge is 2.15. The number of methoxy groups -OCH3 is 1. The van der Waals surface area contributed by atoms with Crippen LogP contribution in [0, 0.1) is 12.3 Å². The van der Waals surface area contributed by atoms with Crippen LogP contribution in [0.2, 0.25) is 0 Å². The summed E-state index contributed by atoms with van der Waals surface area (Å²) < 4.78 is 18.7. The Balaban J connectivity index is 1.65. The fourth-order valence-corrected chi connectivity index (χ4v) is 3.50. The molecule has 2 heterocycles. The number of halogens is 1. The Labute approximate surface area is 207 Å². The number of ether oxygens (including phenoxy) is 3. The summed E-state index contributed by atoms with van der Waals surface area (Å²) in [6.07, 6.45) is 10.2. The topological polar surface area (TPSA) is 87.5 Å². The molecule has 0 fully saturated rings. The van der Waals surface area contributed by atoms with Gasteiger partial charge >= 0.3 is 0 Å². The Kier molecular flexibility index (Phi) is 7.83. The monoisotopic (exact) mass is 490 g/mol. The number of hydrogen-bond donors (Lipinski definition) is 1. The quantitative estimate of drug-likeness (QED) is 0.201. The Morgan fingerprint density at radius 1 is 1.09 bits per heavy atom. The maximum absolute atomic E-state index is 11.4. The molecule has 0 saturated heterocycles. The molecule has 0 aliphatic rings. The van der Waals surface area contributed by atoms with Crippen molar-refractivity contribution in [3.63, 3.8) is 0 Å². The molecule has 0 aliphatic heterocycles. The van der Waals surface area contributed by atoms with E-state index in [9.17, 15) is 4.79 Å². The average Bonchev–Trinajstić information content (AvgIpc) is 2.88. The first-order valence-corrected chi connectivity index (χ1v) is 11.2. The molecule has 2 aromatic carbocycles. The van der Waals surface area contributed by atoms with Gasteiger partial charge in [0, 0.05) is 54.3 Å². The molecule has 0 spiro atoms. The van der Waals surface area contributed by atoms with Crippen LogP contribution in [0.1, 0.15) is 11.1 Å². The Morgan fingerprint density at radius 2 is 1.89 bits per heavy atom. The number of nitrogens with one attached hydrogen (secondary N) is 1. The van der Waals surface area contributed by atoms with Crippen LogP contribution in [0.25, 0.3) is 10.9 Å². The fraction of sp³-hybridized carbons (Fsp3) is 0.192. The average molecular weight is 491 g/mol. The first-order valence-electron chi connectivity index (χ1n) is 10.8. The second-order valence-corrected chi connectivity index (χ2v) is 7.96. The van der Waals surface area contributed by atoms with Gasteiger partial charge in [-0.15, -0.1) is 6.42 Å². The number of terminal acetylenes is 1. The third kappa shape index (κ3) is 6.09. The van der Waals surface area contributed by atoms with Crippen LogP contribution in [-0.2, 0) is 4.74 Å². The minimum atomic E-state index is -0.547. The zero-order chi connectivity index (χ0) is 24.6. The van der Waals surface area contributed by atoms with Crippen molar-refractivity contribution in [1.82, 2.24) is 14.5 Å². The number of nitrogens with zero attached hydrogens (tertiary/aromatic N) is 3. The van der Waals surface area contributed by atoms with Crippen molar-refractivity contribution in [2.45, 2.75) is 5.50 Å². The molecule has 0 bridgehead atoms. The van der Waals surface area contributed by atoms with Crippen molar-refractivity contribution in [3.05, 3.63) is 83.0 Å². The van der Waals surface area contributed by atoms with Crippen molar-refractivity contribution in [3.8, 4) is 23.8 Å². The molecule has 0 aliphatic carbocycles. The number of fused-ring (bicyclic) bond motifs is 1. The van der Waals surface area contributed by atoms with Crippen LogP contribution in [0.5, 0.6) is 11.5 Å². The maximum atomic E-state index is 11.4. The second-order valence-electron chi connectivity index (χ2n) is 7.46. The number of alkyl halides is 1. The lowest BCUT2D eigenvalue weighted by molar-refractivity contribution is 0.143. The third-order valence-corrected chi connectivity index (χ3v) is 5.41. The minimum Gasteiger partial charge on any atom is -0.487 e. The maximum Gasteiger partial charge on any atom is 0.181 e. The summed E-state index contributed by atoms with van der Waals surface area (Å²) in [7, 11) is 1.60. The number of rotatable bonds is 10. The molecule has 8 nitrogen and oxygen atoms in total. The highest BCUT2D eigenvalue weighted by Crippen LogP contribution is 2.35. The van der Waals surface area contributed by atoms with Gasteiger partial charge in [-0.3, -0.25) is 4.79 Å². The summed E-state index contributed by atoms with van der Waals surface area (Å²) in [6, 6.07) is 13.9. The van der Waals surface area contributed by atoms with Crippen LogP contribution < -0.4 is 20.2 Å². The third-order valence-electron chi connectivity index (χ3n) is 5.06. The van der Waals surface area contributed by atoms with E-state index in [-0.39, 0.29) is 12.0 Å². The van der Waals surface area contributed by atoms with Crippen molar-refractivity contribution >= 4 is 34.0 Å². The number of anilines is 2. The molecule has 178 valence electrons. The van der Waals surface area contributed by atoms with Crippen LogP contribution in [0.3, 0.4) is 0 Å². The lowest BCUT2D eigenvalue weighted by atomic mass is 10.2. The molecular formula is C26H23ClN4O4. The summed E-state index contributed by atoms with van der Waals surface area (Å²) in [5.74, 6) is 4.17. The molecule has 35 heavy (non-hydrogen) atoms. The zero-order valence-corrected chi connectivity index (χ0v) is 19.7. The minimum absolute atomic E-state index is 0.0952. The Hall–Kier alpha value is -4.06. The van der Waals surface area contributed by atoms with Gasteiger partial charge in [-0.2, -0.15) is 0 Å².